The van der Waals surface area contributed by atoms with Crippen molar-refractivity contribution in [2.75, 3.05) is 33.0 Å². The molecule has 2 heterocycles. The highest BCUT2D eigenvalue weighted by Crippen LogP contribution is 2.36. The Balaban J connectivity index is 1.95. The van der Waals surface area contributed by atoms with Crippen LogP contribution in [0.25, 0.3) is 11.1 Å². The lowest BCUT2D eigenvalue weighted by molar-refractivity contribution is -0.141. The molecule has 0 saturated heterocycles. The van der Waals surface area contributed by atoms with Crippen LogP contribution in [0, 0.1) is 6.92 Å². The van der Waals surface area contributed by atoms with Crippen molar-refractivity contribution in [1.29, 1.82) is 0 Å². The van der Waals surface area contributed by atoms with Gasteiger partial charge in [-0.2, -0.15) is 13.2 Å². The number of halogens is 3. The van der Waals surface area contributed by atoms with Gasteiger partial charge in [0.1, 0.15) is 11.3 Å². The summed E-state index contributed by atoms with van der Waals surface area (Å²) in [7, 11) is -1.80. The van der Waals surface area contributed by atoms with E-state index in [1.165, 1.54) is 6.20 Å². The Morgan fingerprint density at radius 1 is 0.955 bits per heavy atom. The Morgan fingerprint density at radius 2 is 1.57 bits per heavy atom. The minimum Gasteiger partial charge on any atom is -0.444 e. The fourth-order valence-corrected chi connectivity index (χ4v) is 4.97. The van der Waals surface area contributed by atoms with E-state index in [0.717, 1.165) is 11.6 Å². The molecule has 248 valence electrons. The number of alkyl carbamates (subject to hydrolysis) is 1. The molecule has 2 aromatic rings. The topological polar surface area (TPSA) is 91.8 Å². The van der Waals surface area contributed by atoms with Gasteiger partial charge in [0.15, 0.2) is 8.32 Å². The van der Waals surface area contributed by atoms with E-state index in [4.69, 9.17) is 18.6 Å². The minimum atomic E-state index is -4.60. The Kier molecular flexibility index (Phi) is 13.4. The van der Waals surface area contributed by atoms with E-state index in [9.17, 15) is 18.0 Å². The van der Waals surface area contributed by atoms with Crippen LogP contribution in [0.15, 0.2) is 24.4 Å². The second kappa shape index (κ2) is 15.6. The number of aryl methyl sites for hydroxylation is 2. The van der Waals surface area contributed by atoms with Crippen molar-refractivity contribution < 1.29 is 36.6 Å². The Labute approximate surface area is 261 Å². The predicted molar refractivity (Wildman–Crippen MR) is 168 cm³/mol. The van der Waals surface area contributed by atoms with Gasteiger partial charge in [-0.1, -0.05) is 20.8 Å². The number of amides is 1. The second-order valence-corrected chi connectivity index (χ2v) is 18.3. The molecule has 2 aromatic heterocycles. The lowest BCUT2D eigenvalue weighted by Crippen LogP contribution is -2.41. The monoisotopic (exact) mass is 641 g/mol. The third kappa shape index (κ3) is 12.5. The van der Waals surface area contributed by atoms with Crippen LogP contribution in [0.2, 0.25) is 18.1 Å². The average Bonchev–Trinajstić information content (AvgIpc) is 2.87. The largest absolute Gasteiger partial charge is 0.444 e. The maximum absolute atomic E-state index is 13.7. The molecule has 44 heavy (non-hydrogen) atoms. The Hall–Kier alpha value is -2.54. The molecule has 0 aliphatic heterocycles. The van der Waals surface area contributed by atoms with Crippen molar-refractivity contribution >= 4 is 14.4 Å². The number of alkyl halides is 3. The van der Waals surface area contributed by atoms with Crippen molar-refractivity contribution in [3.8, 4) is 11.1 Å². The van der Waals surface area contributed by atoms with Crippen molar-refractivity contribution in [3.05, 3.63) is 47.0 Å². The predicted octanol–water partition coefficient (Wildman–Crippen LogP) is 8.04. The number of hydrogen-bond donors (Lipinski definition) is 1. The molecular formula is C32H50F3N3O5Si. The average molecular weight is 642 g/mol. The summed E-state index contributed by atoms with van der Waals surface area (Å²) in [6.45, 7) is 22.0. The number of carbonyl (C=O) groups is 1. The van der Waals surface area contributed by atoms with Gasteiger partial charge in [-0.05, 0) is 94.9 Å². The van der Waals surface area contributed by atoms with Crippen LogP contribution in [0.4, 0.5) is 18.0 Å². The van der Waals surface area contributed by atoms with Crippen molar-refractivity contribution in [2.24, 2.45) is 0 Å². The molecule has 1 atom stereocenters. The molecule has 12 heteroatoms. The first-order chi connectivity index (χ1) is 20.2. The lowest BCUT2D eigenvalue weighted by atomic mass is 9.99. The number of hydrogen-bond acceptors (Lipinski definition) is 7. The van der Waals surface area contributed by atoms with E-state index in [-0.39, 0.29) is 5.04 Å². The molecule has 0 aliphatic carbocycles. The molecule has 1 amide bonds. The summed E-state index contributed by atoms with van der Waals surface area (Å²) in [5.74, 6) is 0. The van der Waals surface area contributed by atoms with Gasteiger partial charge in [0.2, 0.25) is 0 Å². The summed E-state index contributed by atoms with van der Waals surface area (Å²) < 4.78 is 63.8. The van der Waals surface area contributed by atoms with Crippen LogP contribution >= 0.6 is 0 Å². The fraction of sp³-hybridized carbons (Fsp3) is 0.656. The second-order valence-electron chi connectivity index (χ2n) is 13.5. The third-order valence-electron chi connectivity index (χ3n) is 7.38. The molecule has 0 saturated carbocycles. The molecule has 0 radical (unpaired) electrons. The van der Waals surface area contributed by atoms with Crippen LogP contribution < -0.4 is 5.32 Å². The smallest absolute Gasteiger partial charge is 0.433 e. The third-order valence-corrected chi connectivity index (χ3v) is 11.9. The normalized spacial score (nSPS) is 13.6. The number of aromatic nitrogens is 2. The van der Waals surface area contributed by atoms with Gasteiger partial charge in [0, 0.05) is 24.1 Å². The molecule has 8 nitrogen and oxygen atoms in total. The number of nitrogens with zero attached hydrogens (tertiary/aromatic N) is 2. The van der Waals surface area contributed by atoms with E-state index in [1.807, 2.05) is 0 Å². The van der Waals surface area contributed by atoms with Gasteiger partial charge in [0.25, 0.3) is 0 Å². The van der Waals surface area contributed by atoms with Crippen molar-refractivity contribution in [3.63, 3.8) is 0 Å². The van der Waals surface area contributed by atoms with Crippen molar-refractivity contribution in [2.45, 2.75) is 104 Å². The van der Waals surface area contributed by atoms with Crippen LogP contribution in [-0.4, -0.2) is 63.0 Å². The number of ether oxygens (including phenoxy) is 3. The number of rotatable bonds is 14. The standard InChI is InChI=1S/C32H50F3N3O5Si/c1-22-18-27(23(2)37-29(39)43-30(3,4)5)36-21-26(22)24-19-25(38-28(20-24)32(33,34)35)12-11-13-40-14-15-41-16-17-42-44(9,10)31(6,7)8/h18-21,23H,11-17H2,1-10H3,(H,37,39)/t23-/m0/s1. The summed E-state index contributed by atoms with van der Waals surface area (Å²) in [6.07, 6.45) is -2.82. The van der Waals surface area contributed by atoms with Gasteiger partial charge in [-0.3, -0.25) is 4.98 Å². The quantitative estimate of drug-likeness (QED) is 0.165. The van der Waals surface area contributed by atoms with Gasteiger partial charge >= 0.3 is 12.3 Å². The zero-order valence-corrected chi connectivity index (χ0v) is 28.9. The SMILES string of the molecule is Cc1cc([C@H](C)NC(=O)OC(C)(C)C)ncc1-c1cc(CCCOCCOCCO[Si](C)(C)C(C)(C)C)nc(C(F)(F)F)c1. The first kappa shape index (κ1) is 37.6. The minimum absolute atomic E-state index is 0.145. The molecule has 0 aliphatic rings. The lowest BCUT2D eigenvalue weighted by Gasteiger charge is -2.36. The van der Waals surface area contributed by atoms with Gasteiger partial charge in [-0.15, -0.1) is 0 Å². The van der Waals surface area contributed by atoms with Gasteiger partial charge in [-0.25, -0.2) is 9.78 Å². The van der Waals surface area contributed by atoms with E-state index in [2.05, 4.69) is 49.1 Å². The van der Waals surface area contributed by atoms with Crippen LogP contribution in [-0.2, 0) is 31.2 Å². The number of nitrogens with one attached hydrogen (secondary N) is 1. The molecular weight excluding hydrogens is 591 g/mol. The van der Waals surface area contributed by atoms with E-state index in [1.54, 1.807) is 46.8 Å². The highest BCUT2D eigenvalue weighted by molar-refractivity contribution is 6.74. The zero-order chi connectivity index (χ0) is 33.3. The zero-order valence-electron chi connectivity index (χ0n) is 27.9. The summed E-state index contributed by atoms with van der Waals surface area (Å²) in [6, 6.07) is 3.99. The van der Waals surface area contributed by atoms with E-state index >= 15 is 0 Å². The van der Waals surface area contributed by atoms with E-state index in [0.29, 0.717) is 68.4 Å². The van der Waals surface area contributed by atoms with Gasteiger partial charge < -0.3 is 24.0 Å². The highest BCUT2D eigenvalue weighted by atomic mass is 28.4. The summed E-state index contributed by atoms with van der Waals surface area (Å²) in [4.78, 5) is 20.4. The summed E-state index contributed by atoms with van der Waals surface area (Å²) in [5, 5.41) is 2.88. The Morgan fingerprint density at radius 3 is 2.14 bits per heavy atom. The van der Waals surface area contributed by atoms with E-state index < -0.39 is 37.9 Å². The Bertz CT molecular complexity index is 1230. The number of carbonyl (C=O) groups excluding carboxylic acids is 1. The molecule has 0 unspecified atom stereocenters. The highest BCUT2D eigenvalue weighted by Gasteiger charge is 2.37. The van der Waals surface area contributed by atoms with Crippen molar-refractivity contribution in [1.82, 2.24) is 15.3 Å². The van der Waals surface area contributed by atoms with Crippen LogP contribution in [0.1, 0.15) is 83.6 Å². The van der Waals surface area contributed by atoms with Crippen LogP contribution in [0.5, 0.6) is 0 Å². The molecule has 0 fully saturated rings. The molecule has 1 N–H and O–H groups in total. The molecule has 0 bridgehead atoms. The summed E-state index contributed by atoms with van der Waals surface area (Å²) in [5.41, 5.74) is 0.929. The maximum atomic E-state index is 13.7. The molecule has 0 aromatic carbocycles. The first-order valence-electron chi connectivity index (χ1n) is 15.0. The van der Waals surface area contributed by atoms with Crippen LogP contribution in [0.3, 0.4) is 0 Å². The fourth-order valence-electron chi connectivity index (χ4n) is 3.94. The molecule has 0 spiro atoms. The number of pyridine rings is 2. The van der Waals surface area contributed by atoms with Gasteiger partial charge in [0.05, 0.1) is 38.2 Å². The molecule has 2 rings (SSSR count). The summed E-state index contributed by atoms with van der Waals surface area (Å²) >= 11 is 0. The first-order valence-corrected chi connectivity index (χ1v) is 17.9. The maximum Gasteiger partial charge on any atom is 0.433 e.